The minimum absolute atomic E-state index is 0.556. The predicted molar refractivity (Wildman–Crippen MR) is 87.9 cm³/mol. The fourth-order valence-corrected chi connectivity index (χ4v) is 2.69. The van der Waals surface area contributed by atoms with Gasteiger partial charge in [-0.25, -0.2) is 0 Å². The molecule has 0 fully saturated rings. The van der Waals surface area contributed by atoms with Crippen molar-refractivity contribution < 1.29 is 15.7 Å². The van der Waals surface area contributed by atoms with Crippen LogP contribution in [0.2, 0.25) is 19.6 Å². The Balaban J connectivity index is 0.000000612. The number of aryl methyl sites for hydroxylation is 1. The van der Waals surface area contributed by atoms with E-state index >= 15 is 0 Å². The van der Waals surface area contributed by atoms with Crippen LogP contribution in [0.5, 0.6) is 0 Å². The van der Waals surface area contributed by atoms with Crippen molar-refractivity contribution in [3.8, 4) is 11.3 Å². The molecule has 0 aliphatic carbocycles. The fourth-order valence-electron chi connectivity index (χ4n) is 1.66. The van der Waals surface area contributed by atoms with Gasteiger partial charge in [-0.15, -0.1) is 35.4 Å². The molecule has 1 nitrogen and oxygen atoms in total. The number of nitrogens with zero attached hydrogens (tertiary/aromatic N) is 1. The first-order valence-corrected chi connectivity index (χ1v) is 15.6. The van der Waals surface area contributed by atoms with Crippen LogP contribution in [0.1, 0.15) is 5.56 Å². The molecule has 20 heavy (non-hydrogen) atoms. The summed E-state index contributed by atoms with van der Waals surface area (Å²) in [6.07, 6.45) is 2.02. The van der Waals surface area contributed by atoms with Gasteiger partial charge >= 0.3 is 34.8 Å². The van der Waals surface area contributed by atoms with Gasteiger partial charge in [-0.1, -0.05) is 38.7 Å². The zero-order valence-electron chi connectivity index (χ0n) is 12.0. The van der Waals surface area contributed by atoms with E-state index in [0.717, 1.165) is 11.3 Å². The molecule has 0 atom stereocenters. The third kappa shape index (κ3) is 5.67. The van der Waals surface area contributed by atoms with Crippen LogP contribution in [0, 0.1) is 13.0 Å². The average molecular weight is 504 g/mol. The summed E-state index contributed by atoms with van der Waals surface area (Å²) in [5, 5.41) is 1.40. The monoisotopic (exact) mass is 503 g/mol. The molecule has 0 bridgehead atoms. The van der Waals surface area contributed by atoms with Gasteiger partial charge in [-0.2, -0.15) is 0 Å². The van der Waals surface area contributed by atoms with Crippen LogP contribution < -0.4 is 5.19 Å². The van der Waals surface area contributed by atoms with Crippen molar-refractivity contribution in [3.05, 3.63) is 48.2 Å². The minimum atomic E-state index is -1.24. The Morgan fingerprint density at radius 1 is 1.10 bits per heavy atom. The van der Waals surface area contributed by atoms with Gasteiger partial charge in [-0.3, -0.25) is 0 Å². The number of aromatic nitrogens is 1. The van der Waals surface area contributed by atoms with Gasteiger partial charge < -0.3 is 4.98 Å². The molecule has 0 saturated carbocycles. The first-order chi connectivity index (χ1) is 9.38. The second-order valence-electron chi connectivity index (χ2n) is 5.51. The van der Waals surface area contributed by atoms with Crippen LogP contribution in [0.25, 0.3) is 11.3 Å². The molecular formula is C15H18Cl2IrNSi. The molecular weight excluding hydrogens is 485 g/mol. The summed E-state index contributed by atoms with van der Waals surface area (Å²) in [5.41, 5.74) is 3.30. The second kappa shape index (κ2) is 8.31. The molecule has 1 aromatic heterocycles. The zero-order chi connectivity index (χ0) is 15.2. The number of hydrogen-bond acceptors (Lipinski definition) is 1. The summed E-state index contributed by atoms with van der Waals surface area (Å²) in [5.74, 6) is 0. The molecule has 0 aliphatic rings. The molecule has 2 rings (SSSR count). The molecule has 0 unspecified atom stereocenters. The van der Waals surface area contributed by atoms with Gasteiger partial charge in [0.1, 0.15) is 0 Å². The van der Waals surface area contributed by atoms with Crippen molar-refractivity contribution in [2.45, 2.75) is 26.6 Å². The second-order valence-corrected chi connectivity index (χ2v) is 14.0. The van der Waals surface area contributed by atoms with Crippen molar-refractivity contribution in [2.75, 3.05) is 0 Å². The van der Waals surface area contributed by atoms with Gasteiger partial charge in [0.15, 0.2) is 0 Å². The maximum absolute atomic E-state index is 4.89. The average Bonchev–Trinajstić information content (AvgIpc) is 2.40. The van der Waals surface area contributed by atoms with E-state index in [1.807, 2.05) is 12.3 Å². The van der Waals surface area contributed by atoms with Crippen LogP contribution in [-0.4, -0.2) is 13.1 Å². The normalized spacial score (nSPS) is 10.9. The van der Waals surface area contributed by atoms with E-state index < -0.39 is 23.7 Å². The standard InChI is InChI=1S/C15H18NSi.2ClH.Ir/c1-12-5-7-13(8-6-12)15-10-9-14(11-16-15)17(2,3)4;;;/h5-7,9-11H,1-4H3;2*1H;/q-1;;;+3/p-2. The number of hydrogen-bond donors (Lipinski definition) is 0. The molecule has 1 heterocycles. The Morgan fingerprint density at radius 3 is 2.15 bits per heavy atom. The van der Waals surface area contributed by atoms with E-state index in [1.54, 1.807) is 0 Å². The number of pyridine rings is 1. The Hall–Kier alpha value is -0.184. The van der Waals surface area contributed by atoms with E-state index in [2.05, 4.69) is 61.9 Å². The molecule has 0 aliphatic heterocycles. The maximum atomic E-state index is 4.89. The van der Waals surface area contributed by atoms with Crippen LogP contribution in [0.15, 0.2) is 36.5 Å². The molecule has 0 spiro atoms. The van der Waals surface area contributed by atoms with E-state index in [9.17, 15) is 0 Å². The van der Waals surface area contributed by atoms with E-state index in [4.69, 9.17) is 19.2 Å². The summed E-state index contributed by atoms with van der Waals surface area (Å²) < 4.78 is 0. The van der Waals surface area contributed by atoms with Crippen LogP contribution >= 0.6 is 19.2 Å². The SMILES string of the molecule is Cc1c[c-]c(-c2ccc([Si](C)(C)C)cn2)cc1.[Cl][Ir+][Cl]. The van der Waals surface area contributed by atoms with Crippen LogP contribution in [0.4, 0.5) is 0 Å². The molecule has 2 aromatic rings. The summed E-state index contributed by atoms with van der Waals surface area (Å²) in [4.78, 5) is 4.55. The van der Waals surface area contributed by atoms with Crippen molar-refractivity contribution in [2.24, 2.45) is 0 Å². The molecule has 5 heteroatoms. The number of rotatable bonds is 2. The summed E-state index contributed by atoms with van der Waals surface area (Å²) in [6, 6.07) is 13.8. The Bertz CT molecular complexity index is 521. The fraction of sp³-hybridized carbons (Fsp3) is 0.267. The third-order valence-corrected chi connectivity index (χ3v) is 4.90. The predicted octanol–water partition coefficient (Wildman–Crippen LogP) is 4.78. The first-order valence-electron chi connectivity index (χ1n) is 6.17. The van der Waals surface area contributed by atoms with Crippen molar-refractivity contribution in [1.82, 2.24) is 4.98 Å². The van der Waals surface area contributed by atoms with Gasteiger partial charge in [0, 0.05) is 6.20 Å². The third-order valence-electron chi connectivity index (χ3n) is 2.87. The Kier molecular flexibility index (Phi) is 7.42. The summed E-state index contributed by atoms with van der Waals surface area (Å²) in [7, 11) is 8.54. The summed E-state index contributed by atoms with van der Waals surface area (Å²) >= 11 is -0.556. The summed E-state index contributed by atoms with van der Waals surface area (Å²) in [6.45, 7) is 9.08. The van der Waals surface area contributed by atoms with Crippen molar-refractivity contribution in [1.29, 1.82) is 0 Å². The van der Waals surface area contributed by atoms with Gasteiger partial charge in [-0.05, 0) is 10.9 Å². The quantitative estimate of drug-likeness (QED) is 0.425. The first kappa shape index (κ1) is 17.9. The molecule has 1 aromatic carbocycles. The molecule has 0 radical (unpaired) electrons. The van der Waals surface area contributed by atoms with Crippen LogP contribution in [-0.2, 0) is 15.7 Å². The van der Waals surface area contributed by atoms with E-state index in [1.165, 1.54) is 10.8 Å². The van der Waals surface area contributed by atoms with Crippen LogP contribution in [0.3, 0.4) is 0 Å². The molecule has 0 saturated heterocycles. The van der Waals surface area contributed by atoms with Gasteiger partial charge in [0.05, 0.1) is 8.07 Å². The van der Waals surface area contributed by atoms with E-state index in [-0.39, 0.29) is 0 Å². The molecule has 110 valence electrons. The van der Waals surface area contributed by atoms with Gasteiger partial charge in [0.2, 0.25) is 0 Å². The number of halogens is 2. The number of benzene rings is 1. The molecule has 0 N–H and O–H groups in total. The van der Waals surface area contributed by atoms with Crippen molar-refractivity contribution >= 4 is 32.4 Å². The van der Waals surface area contributed by atoms with E-state index in [0.29, 0.717) is 0 Å². The zero-order valence-corrected chi connectivity index (χ0v) is 16.9. The topological polar surface area (TPSA) is 12.9 Å². The van der Waals surface area contributed by atoms with Crippen molar-refractivity contribution in [3.63, 3.8) is 0 Å². The Morgan fingerprint density at radius 2 is 1.75 bits per heavy atom. The Labute approximate surface area is 138 Å². The van der Waals surface area contributed by atoms with Gasteiger partial charge in [0.25, 0.3) is 0 Å². The molecule has 0 amide bonds.